The Morgan fingerprint density at radius 1 is 1.43 bits per heavy atom. The van der Waals surface area contributed by atoms with Crippen LogP contribution in [0.3, 0.4) is 0 Å². The van der Waals surface area contributed by atoms with Crippen molar-refractivity contribution in [1.29, 1.82) is 0 Å². The topological polar surface area (TPSA) is 57.5 Å². The molecule has 2 N–H and O–H groups in total. The van der Waals surface area contributed by atoms with Crippen molar-refractivity contribution in [3.05, 3.63) is 35.9 Å². The van der Waals surface area contributed by atoms with Crippen molar-refractivity contribution in [1.82, 2.24) is 0 Å². The Bertz CT molecular complexity index is 321. The van der Waals surface area contributed by atoms with Gasteiger partial charge in [0.25, 0.3) is 0 Å². The van der Waals surface area contributed by atoms with Gasteiger partial charge in [0.2, 0.25) is 0 Å². The van der Waals surface area contributed by atoms with Crippen molar-refractivity contribution in [2.24, 2.45) is 0 Å². The molecule has 0 bridgehead atoms. The number of aliphatic hydroxyl groups is 1. The Kier molecular flexibility index (Phi) is 3.49. The number of halogens is 1. The summed E-state index contributed by atoms with van der Waals surface area (Å²) in [6, 6.07) is 8.80. The van der Waals surface area contributed by atoms with E-state index in [1.54, 1.807) is 46.9 Å². The molecule has 0 fully saturated rings. The molecule has 0 aliphatic rings. The Morgan fingerprint density at radius 2 is 1.93 bits per heavy atom. The second kappa shape index (κ2) is 4.27. The standard InChI is InChI=1S/C10H11IO3/c1-10(14,8(11)9(12)13)7-5-3-2-4-6-7/h2-6,8,14H,1H3,(H,12,13)/t8-,10+/m0/s1. The first-order chi connectivity index (χ1) is 6.46. The third-order valence-corrected chi connectivity index (χ3v) is 3.81. The number of carboxylic acids is 1. The number of carbonyl (C=O) groups is 1. The molecular formula is C10H11IO3. The van der Waals surface area contributed by atoms with Gasteiger partial charge in [-0.15, -0.1) is 0 Å². The summed E-state index contributed by atoms with van der Waals surface area (Å²) < 4.78 is -0.859. The van der Waals surface area contributed by atoms with Gasteiger partial charge < -0.3 is 10.2 Å². The van der Waals surface area contributed by atoms with Gasteiger partial charge in [-0.2, -0.15) is 0 Å². The summed E-state index contributed by atoms with van der Waals surface area (Å²) in [6.45, 7) is 1.51. The third-order valence-electron chi connectivity index (χ3n) is 2.07. The molecule has 0 unspecified atom stereocenters. The number of rotatable bonds is 3. The first-order valence-corrected chi connectivity index (χ1v) is 5.35. The summed E-state index contributed by atoms with van der Waals surface area (Å²) in [4.78, 5) is 10.8. The molecule has 1 rings (SSSR count). The highest BCUT2D eigenvalue weighted by Gasteiger charge is 2.36. The van der Waals surface area contributed by atoms with Crippen molar-refractivity contribution >= 4 is 28.6 Å². The Balaban J connectivity index is 3.02. The number of alkyl halides is 1. The minimum absolute atomic E-state index is 0.613. The normalized spacial score (nSPS) is 17.1. The van der Waals surface area contributed by atoms with Crippen LogP contribution in [0.1, 0.15) is 12.5 Å². The van der Waals surface area contributed by atoms with E-state index < -0.39 is 15.5 Å². The van der Waals surface area contributed by atoms with Crippen molar-refractivity contribution in [3.63, 3.8) is 0 Å². The molecule has 4 heteroatoms. The summed E-state index contributed by atoms with van der Waals surface area (Å²) in [7, 11) is 0. The van der Waals surface area contributed by atoms with Crippen LogP contribution < -0.4 is 0 Å². The van der Waals surface area contributed by atoms with Gasteiger partial charge in [-0.1, -0.05) is 52.9 Å². The van der Waals surface area contributed by atoms with Crippen molar-refractivity contribution < 1.29 is 15.0 Å². The molecule has 0 amide bonds. The van der Waals surface area contributed by atoms with Crippen molar-refractivity contribution in [2.75, 3.05) is 0 Å². The highest BCUT2D eigenvalue weighted by atomic mass is 127. The van der Waals surface area contributed by atoms with E-state index in [9.17, 15) is 9.90 Å². The molecule has 0 spiro atoms. The zero-order valence-corrected chi connectivity index (χ0v) is 9.80. The lowest BCUT2D eigenvalue weighted by Crippen LogP contribution is -2.37. The lowest BCUT2D eigenvalue weighted by molar-refractivity contribution is -0.140. The number of aliphatic carboxylic acids is 1. The van der Waals surface area contributed by atoms with Crippen LogP contribution in [0, 0.1) is 0 Å². The summed E-state index contributed by atoms with van der Waals surface area (Å²) >= 11 is 1.73. The van der Waals surface area contributed by atoms with Crippen molar-refractivity contribution in [3.8, 4) is 0 Å². The van der Waals surface area contributed by atoms with Crippen LogP contribution in [0.15, 0.2) is 30.3 Å². The molecular weight excluding hydrogens is 295 g/mol. The molecule has 1 aromatic carbocycles. The maximum atomic E-state index is 10.8. The number of hydrogen-bond donors (Lipinski definition) is 2. The number of hydrogen-bond acceptors (Lipinski definition) is 2. The monoisotopic (exact) mass is 306 g/mol. The first-order valence-electron chi connectivity index (χ1n) is 4.11. The fourth-order valence-corrected chi connectivity index (χ4v) is 1.52. The summed E-state index contributed by atoms with van der Waals surface area (Å²) in [6.07, 6.45) is 0. The van der Waals surface area contributed by atoms with Gasteiger partial charge in [-0.05, 0) is 12.5 Å². The molecule has 1 aromatic rings. The SMILES string of the molecule is C[C@@](O)(c1ccccc1)[C@@H](I)C(=O)O. The molecule has 0 aliphatic carbocycles. The van der Waals surface area contributed by atoms with Gasteiger partial charge in [-0.25, -0.2) is 0 Å². The molecule has 14 heavy (non-hydrogen) atoms. The molecule has 0 saturated heterocycles. The van der Waals surface area contributed by atoms with E-state index >= 15 is 0 Å². The van der Waals surface area contributed by atoms with Crippen LogP contribution in [0.5, 0.6) is 0 Å². The summed E-state index contributed by atoms with van der Waals surface area (Å²) in [5.74, 6) is -1.01. The average Bonchev–Trinajstić information content (AvgIpc) is 2.18. The largest absolute Gasteiger partial charge is 0.480 e. The summed E-state index contributed by atoms with van der Waals surface area (Å²) in [5.41, 5.74) is -0.727. The number of benzene rings is 1. The van der Waals surface area contributed by atoms with Gasteiger partial charge in [0.1, 0.15) is 9.53 Å². The average molecular weight is 306 g/mol. The highest BCUT2D eigenvalue weighted by molar-refractivity contribution is 14.1. The Labute approximate surface area is 95.9 Å². The molecule has 0 saturated carbocycles. The number of carboxylic acid groups (broad SMARTS) is 1. The van der Waals surface area contributed by atoms with E-state index in [0.29, 0.717) is 5.56 Å². The molecule has 0 radical (unpaired) electrons. The lowest BCUT2D eigenvalue weighted by atomic mass is 9.93. The fraction of sp³-hybridized carbons (Fsp3) is 0.300. The smallest absolute Gasteiger partial charge is 0.319 e. The molecule has 0 aromatic heterocycles. The van der Waals surface area contributed by atoms with Crippen LogP contribution in [-0.4, -0.2) is 20.1 Å². The second-order valence-corrected chi connectivity index (χ2v) is 4.46. The Morgan fingerprint density at radius 3 is 2.36 bits per heavy atom. The minimum atomic E-state index is -1.34. The third kappa shape index (κ3) is 2.24. The molecule has 76 valence electrons. The van der Waals surface area contributed by atoms with Gasteiger partial charge in [0.05, 0.1) is 0 Å². The maximum Gasteiger partial charge on any atom is 0.319 e. The van der Waals surface area contributed by atoms with Crippen LogP contribution in [0.4, 0.5) is 0 Å². The molecule has 0 aliphatic heterocycles. The second-order valence-electron chi connectivity index (χ2n) is 3.21. The van der Waals surface area contributed by atoms with Crippen molar-refractivity contribution in [2.45, 2.75) is 16.4 Å². The molecule has 2 atom stereocenters. The minimum Gasteiger partial charge on any atom is -0.480 e. The van der Waals surface area contributed by atoms with Crippen LogP contribution in [0.2, 0.25) is 0 Å². The van der Waals surface area contributed by atoms with Gasteiger partial charge in [0.15, 0.2) is 0 Å². The zero-order valence-electron chi connectivity index (χ0n) is 7.64. The van der Waals surface area contributed by atoms with E-state index in [1.807, 2.05) is 6.07 Å². The highest BCUT2D eigenvalue weighted by Crippen LogP contribution is 2.29. The quantitative estimate of drug-likeness (QED) is 0.661. The predicted octanol–water partition coefficient (Wildman–Crippen LogP) is 1.78. The van der Waals surface area contributed by atoms with E-state index in [-0.39, 0.29) is 0 Å². The van der Waals surface area contributed by atoms with Gasteiger partial charge >= 0.3 is 5.97 Å². The Hall–Kier alpha value is -0.620. The fourth-order valence-electron chi connectivity index (χ4n) is 1.16. The summed E-state index contributed by atoms with van der Waals surface area (Å²) in [5, 5.41) is 18.8. The predicted molar refractivity (Wildman–Crippen MR) is 61.5 cm³/mol. The van der Waals surface area contributed by atoms with E-state index in [1.165, 1.54) is 6.92 Å². The van der Waals surface area contributed by atoms with Gasteiger partial charge in [0, 0.05) is 0 Å². The van der Waals surface area contributed by atoms with Gasteiger partial charge in [-0.3, -0.25) is 4.79 Å². The van der Waals surface area contributed by atoms with E-state index in [2.05, 4.69) is 0 Å². The van der Waals surface area contributed by atoms with E-state index in [0.717, 1.165) is 0 Å². The van der Waals surface area contributed by atoms with Crippen LogP contribution >= 0.6 is 22.6 Å². The van der Waals surface area contributed by atoms with Crippen LogP contribution in [-0.2, 0) is 10.4 Å². The van der Waals surface area contributed by atoms with E-state index in [4.69, 9.17) is 5.11 Å². The van der Waals surface area contributed by atoms with Crippen LogP contribution in [0.25, 0.3) is 0 Å². The molecule has 0 heterocycles. The molecule has 3 nitrogen and oxygen atoms in total. The first kappa shape index (κ1) is 11.5. The maximum absolute atomic E-state index is 10.8. The zero-order chi connectivity index (χ0) is 10.8. The lowest BCUT2D eigenvalue weighted by Gasteiger charge is -2.26.